The van der Waals surface area contributed by atoms with Crippen LogP contribution in [0.3, 0.4) is 0 Å². The van der Waals surface area contributed by atoms with Gasteiger partial charge in [-0.3, -0.25) is 4.79 Å². The first-order chi connectivity index (χ1) is 9.29. The second-order valence-electron chi connectivity index (χ2n) is 6.37. The fourth-order valence-electron chi connectivity index (χ4n) is 1.97. The van der Waals surface area contributed by atoms with Gasteiger partial charge in [-0.25, -0.2) is 0 Å². The maximum atomic E-state index is 12.4. The van der Waals surface area contributed by atoms with Crippen LogP contribution in [0.2, 0.25) is 5.02 Å². The molecule has 2 rings (SSSR count). The van der Waals surface area contributed by atoms with Gasteiger partial charge >= 0.3 is 0 Å². The highest BCUT2D eigenvalue weighted by molar-refractivity contribution is 6.34. The SMILES string of the molecule is CC(CC(=O)c1cc2c(cc1Cl)OCCO2)C(C)(C)C. The minimum absolute atomic E-state index is 0.0504. The Kier molecular flexibility index (Phi) is 4.28. The van der Waals surface area contributed by atoms with E-state index in [2.05, 4.69) is 27.7 Å². The molecule has 1 aliphatic rings. The van der Waals surface area contributed by atoms with Crippen molar-refractivity contribution in [3.63, 3.8) is 0 Å². The molecule has 0 aliphatic carbocycles. The molecule has 0 N–H and O–H groups in total. The van der Waals surface area contributed by atoms with Crippen molar-refractivity contribution in [1.82, 2.24) is 0 Å². The molecule has 0 saturated carbocycles. The van der Waals surface area contributed by atoms with Crippen molar-refractivity contribution in [2.75, 3.05) is 13.2 Å². The molecule has 0 bridgehead atoms. The predicted octanol–water partition coefficient (Wildman–Crippen LogP) is 4.37. The third-order valence-electron chi connectivity index (χ3n) is 3.90. The fourth-order valence-corrected chi connectivity index (χ4v) is 2.23. The van der Waals surface area contributed by atoms with Gasteiger partial charge in [-0.05, 0) is 17.4 Å². The molecule has 0 aromatic heterocycles. The van der Waals surface area contributed by atoms with Gasteiger partial charge in [-0.15, -0.1) is 0 Å². The number of carbonyl (C=O) groups is 1. The van der Waals surface area contributed by atoms with Crippen LogP contribution in [0.25, 0.3) is 0 Å². The van der Waals surface area contributed by atoms with Crippen LogP contribution in [0, 0.1) is 11.3 Å². The lowest BCUT2D eigenvalue weighted by molar-refractivity contribution is 0.0926. The Morgan fingerprint density at radius 1 is 1.25 bits per heavy atom. The zero-order chi connectivity index (χ0) is 14.9. The van der Waals surface area contributed by atoms with Crippen LogP contribution in [-0.4, -0.2) is 19.0 Å². The molecule has 4 heteroatoms. The van der Waals surface area contributed by atoms with Crippen LogP contribution >= 0.6 is 11.6 Å². The number of carbonyl (C=O) groups excluding carboxylic acids is 1. The number of ketones is 1. The van der Waals surface area contributed by atoms with Crippen molar-refractivity contribution < 1.29 is 14.3 Å². The summed E-state index contributed by atoms with van der Waals surface area (Å²) in [7, 11) is 0. The van der Waals surface area contributed by atoms with Crippen molar-refractivity contribution in [3.8, 4) is 11.5 Å². The highest BCUT2D eigenvalue weighted by atomic mass is 35.5. The second kappa shape index (κ2) is 5.65. The van der Waals surface area contributed by atoms with E-state index in [0.717, 1.165) is 0 Å². The Balaban J connectivity index is 2.22. The lowest BCUT2D eigenvalue weighted by atomic mass is 9.78. The largest absolute Gasteiger partial charge is 0.486 e. The smallest absolute Gasteiger partial charge is 0.164 e. The van der Waals surface area contributed by atoms with Crippen molar-refractivity contribution >= 4 is 17.4 Å². The van der Waals surface area contributed by atoms with E-state index in [9.17, 15) is 4.79 Å². The molecular weight excluding hydrogens is 276 g/mol. The van der Waals surface area contributed by atoms with Gasteiger partial charge in [0.25, 0.3) is 0 Å². The maximum absolute atomic E-state index is 12.4. The first-order valence-electron chi connectivity index (χ1n) is 6.91. The fraction of sp³-hybridized carbons (Fsp3) is 0.562. The van der Waals surface area contributed by atoms with Gasteiger partial charge in [0.1, 0.15) is 13.2 Å². The van der Waals surface area contributed by atoms with Crippen LogP contribution in [0.4, 0.5) is 0 Å². The number of halogens is 1. The minimum Gasteiger partial charge on any atom is -0.486 e. The zero-order valence-corrected chi connectivity index (χ0v) is 13.2. The molecule has 0 saturated heterocycles. The maximum Gasteiger partial charge on any atom is 0.164 e. The standard InChI is InChI=1S/C16H21ClO3/c1-10(16(2,3)4)7-13(18)11-8-14-15(9-12(11)17)20-6-5-19-14/h8-10H,5-7H2,1-4H3. The van der Waals surface area contributed by atoms with E-state index in [4.69, 9.17) is 21.1 Å². The third-order valence-corrected chi connectivity index (χ3v) is 4.21. The van der Waals surface area contributed by atoms with Crippen molar-refractivity contribution in [2.24, 2.45) is 11.3 Å². The van der Waals surface area contributed by atoms with Crippen molar-refractivity contribution in [1.29, 1.82) is 0 Å². The molecule has 1 aromatic rings. The molecule has 20 heavy (non-hydrogen) atoms. The van der Waals surface area contributed by atoms with Crippen molar-refractivity contribution in [2.45, 2.75) is 34.1 Å². The molecule has 1 atom stereocenters. The Labute approximate surface area is 125 Å². The Morgan fingerprint density at radius 2 is 1.80 bits per heavy atom. The van der Waals surface area contributed by atoms with E-state index >= 15 is 0 Å². The van der Waals surface area contributed by atoms with Gasteiger partial charge in [0, 0.05) is 18.1 Å². The summed E-state index contributed by atoms with van der Waals surface area (Å²) in [6.07, 6.45) is 0.475. The highest BCUT2D eigenvalue weighted by Gasteiger charge is 2.25. The van der Waals surface area contributed by atoms with Gasteiger partial charge in [-0.1, -0.05) is 39.3 Å². The number of Topliss-reactive ketones (excluding diaryl/α,β-unsaturated/α-hetero) is 1. The van der Waals surface area contributed by atoms with E-state index in [1.807, 2.05) is 0 Å². The van der Waals surface area contributed by atoms with Crippen molar-refractivity contribution in [3.05, 3.63) is 22.7 Å². The first-order valence-corrected chi connectivity index (χ1v) is 7.29. The Bertz CT molecular complexity index is 517. The molecular formula is C16H21ClO3. The van der Waals surface area contributed by atoms with Crippen LogP contribution in [0.5, 0.6) is 11.5 Å². The molecule has 3 nitrogen and oxygen atoms in total. The summed E-state index contributed by atoms with van der Waals surface area (Å²) < 4.78 is 11.0. The summed E-state index contributed by atoms with van der Waals surface area (Å²) in [5.74, 6) is 1.54. The second-order valence-corrected chi connectivity index (χ2v) is 6.78. The molecule has 1 aromatic carbocycles. The molecule has 0 amide bonds. The highest BCUT2D eigenvalue weighted by Crippen LogP contribution is 2.37. The molecule has 0 radical (unpaired) electrons. The van der Waals surface area contributed by atoms with E-state index in [1.54, 1.807) is 12.1 Å². The van der Waals surface area contributed by atoms with Gasteiger partial charge < -0.3 is 9.47 Å². The van der Waals surface area contributed by atoms with Crippen LogP contribution in [0.15, 0.2) is 12.1 Å². The molecule has 0 spiro atoms. The summed E-state index contributed by atoms with van der Waals surface area (Å²) in [5, 5.41) is 0.431. The quantitative estimate of drug-likeness (QED) is 0.777. The van der Waals surface area contributed by atoms with Crippen LogP contribution in [0.1, 0.15) is 44.5 Å². The van der Waals surface area contributed by atoms with Gasteiger partial charge in [-0.2, -0.15) is 0 Å². The van der Waals surface area contributed by atoms with Crippen LogP contribution < -0.4 is 9.47 Å². The summed E-state index contributed by atoms with van der Waals surface area (Å²) in [6.45, 7) is 9.51. The Morgan fingerprint density at radius 3 is 2.35 bits per heavy atom. The number of hydrogen-bond acceptors (Lipinski definition) is 3. The lowest BCUT2D eigenvalue weighted by Crippen LogP contribution is -2.21. The molecule has 1 aliphatic heterocycles. The van der Waals surface area contributed by atoms with Gasteiger partial charge in [0.05, 0.1) is 5.02 Å². The summed E-state index contributed by atoms with van der Waals surface area (Å²) in [5.41, 5.74) is 0.614. The molecule has 1 heterocycles. The number of fused-ring (bicyclic) bond motifs is 1. The number of hydrogen-bond donors (Lipinski definition) is 0. The predicted molar refractivity (Wildman–Crippen MR) is 80.0 cm³/mol. The monoisotopic (exact) mass is 296 g/mol. The number of rotatable bonds is 3. The lowest BCUT2D eigenvalue weighted by Gasteiger charge is -2.27. The third kappa shape index (κ3) is 3.26. The number of ether oxygens (including phenoxy) is 2. The average Bonchev–Trinajstić information content (AvgIpc) is 2.36. The molecule has 1 unspecified atom stereocenters. The summed E-state index contributed by atoms with van der Waals surface area (Å²) >= 11 is 6.20. The average molecular weight is 297 g/mol. The van der Waals surface area contributed by atoms with E-state index < -0.39 is 0 Å². The normalized spacial score (nSPS) is 15.8. The van der Waals surface area contributed by atoms with E-state index in [1.165, 1.54) is 0 Å². The molecule has 0 fully saturated rings. The summed E-state index contributed by atoms with van der Waals surface area (Å²) in [4.78, 5) is 12.4. The first kappa shape index (κ1) is 15.2. The summed E-state index contributed by atoms with van der Waals surface area (Å²) in [6, 6.07) is 3.37. The van der Waals surface area contributed by atoms with Gasteiger partial charge in [0.2, 0.25) is 0 Å². The Hall–Kier alpha value is -1.22. The zero-order valence-electron chi connectivity index (χ0n) is 12.5. The van der Waals surface area contributed by atoms with Gasteiger partial charge in [0.15, 0.2) is 17.3 Å². The number of benzene rings is 1. The molecule has 110 valence electrons. The van der Waals surface area contributed by atoms with E-state index in [-0.39, 0.29) is 17.1 Å². The van der Waals surface area contributed by atoms with E-state index in [0.29, 0.717) is 41.7 Å². The minimum atomic E-state index is 0.0504. The van der Waals surface area contributed by atoms with Crippen LogP contribution in [-0.2, 0) is 0 Å². The topological polar surface area (TPSA) is 35.5 Å².